The molecule has 4 heteroatoms. The molecule has 90 valence electrons. The van der Waals surface area contributed by atoms with E-state index in [1.807, 2.05) is 30.3 Å². The molecule has 1 atom stereocenters. The molecule has 0 bridgehead atoms. The van der Waals surface area contributed by atoms with Gasteiger partial charge in [0.15, 0.2) is 0 Å². The first-order valence-electron chi connectivity index (χ1n) is 5.50. The zero-order chi connectivity index (χ0) is 12.5. The SMILES string of the molecule is O=C1OC(c2ccccc2)Oc2cccc(O)c21. The van der Waals surface area contributed by atoms with E-state index in [1.54, 1.807) is 12.1 Å². The largest absolute Gasteiger partial charge is 0.507 e. The number of aromatic hydroxyl groups is 1. The Bertz CT molecular complexity index is 592. The summed E-state index contributed by atoms with van der Waals surface area (Å²) < 4.78 is 10.7. The number of carbonyl (C=O) groups is 1. The van der Waals surface area contributed by atoms with Gasteiger partial charge in [0, 0.05) is 5.56 Å². The summed E-state index contributed by atoms with van der Waals surface area (Å²) in [5, 5.41) is 9.60. The highest BCUT2D eigenvalue weighted by atomic mass is 16.7. The lowest BCUT2D eigenvalue weighted by Gasteiger charge is -2.26. The van der Waals surface area contributed by atoms with Crippen LogP contribution in [0.3, 0.4) is 0 Å². The monoisotopic (exact) mass is 242 g/mol. The molecule has 0 radical (unpaired) electrons. The Labute approximate surface area is 103 Å². The van der Waals surface area contributed by atoms with Crippen molar-refractivity contribution >= 4 is 5.97 Å². The van der Waals surface area contributed by atoms with Crippen LogP contribution in [0.4, 0.5) is 0 Å². The molecule has 1 N–H and O–H groups in total. The highest BCUT2D eigenvalue weighted by Gasteiger charge is 2.30. The number of hydrogen-bond acceptors (Lipinski definition) is 4. The van der Waals surface area contributed by atoms with Crippen molar-refractivity contribution in [2.75, 3.05) is 0 Å². The van der Waals surface area contributed by atoms with Crippen LogP contribution in [-0.4, -0.2) is 11.1 Å². The van der Waals surface area contributed by atoms with Gasteiger partial charge in [-0.15, -0.1) is 0 Å². The zero-order valence-corrected chi connectivity index (χ0v) is 9.37. The summed E-state index contributed by atoms with van der Waals surface area (Å²) in [6.45, 7) is 0. The summed E-state index contributed by atoms with van der Waals surface area (Å²) in [4.78, 5) is 11.8. The third-order valence-corrected chi connectivity index (χ3v) is 2.73. The number of phenols is 1. The fourth-order valence-corrected chi connectivity index (χ4v) is 1.86. The van der Waals surface area contributed by atoms with Crippen LogP contribution in [0.5, 0.6) is 11.5 Å². The van der Waals surface area contributed by atoms with Gasteiger partial charge in [0.2, 0.25) is 0 Å². The van der Waals surface area contributed by atoms with E-state index >= 15 is 0 Å². The van der Waals surface area contributed by atoms with Gasteiger partial charge in [-0.25, -0.2) is 4.79 Å². The Morgan fingerprint density at radius 2 is 1.72 bits per heavy atom. The van der Waals surface area contributed by atoms with E-state index in [4.69, 9.17) is 9.47 Å². The smallest absolute Gasteiger partial charge is 0.349 e. The molecule has 2 aromatic carbocycles. The molecule has 0 saturated heterocycles. The highest BCUT2D eigenvalue weighted by Crippen LogP contribution is 2.37. The van der Waals surface area contributed by atoms with Gasteiger partial charge in [0.25, 0.3) is 6.29 Å². The minimum atomic E-state index is -0.770. The summed E-state index contributed by atoms with van der Waals surface area (Å²) in [6, 6.07) is 13.8. The second kappa shape index (κ2) is 4.07. The predicted molar refractivity (Wildman–Crippen MR) is 63.3 cm³/mol. The number of hydrogen-bond donors (Lipinski definition) is 1. The van der Waals surface area contributed by atoms with E-state index in [0.717, 1.165) is 5.56 Å². The van der Waals surface area contributed by atoms with Gasteiger partial charge in [0.1, 0.15) is 17.1 Å². The lowest BCUT2D eigenvalue weighted by Crippen LogP contribution is -2.23. The number of rotatable bonds is 1. The van der Waals surface area contributed by atoms with E-state index < -0.39 is 12.3 Å². The minimum absolute atomic E-state index is 0.0738. The highest BCUT2D eigenvalue weighted by molar-refractivity contribution is 5.96. The topological polar surface area (TPSA) is 55.8 Å². The standard InChI is InChI=1S/C14H10O4/c15-10-7-4-8-11-12(10)13(16)18-14(17-11)9-5-2-1-3-6-9/h1-8,14-15H. The van der Waals surface area contributed by atoms with Crippen molar-refractivity contribution in [3.8, 4) is 11.5 Å². The molecule has 3 rings (SSSR count). The molecule has 0 fully saturated rings. The second-order valence-corrected chi connectivity index (χ2v) is 3.92. The Kier molecular flexibility index (Phi) is 2.41. The molecule has 1 aliphatic heterocycles. The van der Waals surface area contributed by atoms with Crippen molar-refractivity contribution in [2.45, 2.75) is 6.29 Å². The molecule has 1 unspecified atom stereocenters. The van der Waals surface area contributed by atoms with Crippen molar-refractivity contribution in [3.05, 3.63) is 59.7 Å². The number of esters is 1. The molecular weight excluding hydrogens is 232 g/mol. The Morgan fingerprint density at radius 3 is 2.50 bits per heavy atom. The zero-order valence-electron chi connectivity index (χ0n) is 9.37. The molecule has 0 aliphatic carbocycles. The normalized spacial score (nSPS) is 17.6. The first-order valence-corrected chi connectivity index (χ1v) is 5.50. The molecule has 0 saturated carbocycles. The molecule has 18 heavy (non-hydrogen) atoms. The van der Waals surface area contributed by atoms with E-state index in [2.05, 4.69) is 0 Å². The summed E-state index contributed by atoms with van der Waals surface area (Å²) in [7, 11) is 0. The van der Waals surface area contributed by atoms with Gasteiger partial charge in [-0.05, 0) is 12.1 Å². The van der Waals surface area contributed by atoms with Crippen molar-refractivity contribution in [3.63, 3.8) is 0 Å². The maximum absolute atomic E-state index is 11.8. The quantitative estimate of drug-likeness (QED) is 0.781. The van der Waals surface area contributed by atoms with Crippen LogP contribution in [0.1, 0.15) is 22.2 Å². The van der Waals surface area contributed by atoms with Crippen LogP contribution in [0.25, 0.3) is 0 Å². The molecular formula is C14H10O4. The number of fused-ring (bicyclic) bond motifs is 1. The molecule has 2 aromatic rings. The molecule has 1 aliphatic rings. The lowest BCUT2D eigenvalue weighted by atomic mass is 10.1. The number of cyclic esters (lactones) is 1. The average molecular weight is 242 g/mol. The van der Waals surface area contributed by atoms with Crippen molar-refractivity contribution in [1.82, 2.24) is 0 Å². The molecule has 0 spiro atoms. The van der Waals surface area contributed by atoms with Crippen molar-refractivity contribution in [2.24, 2.45) is 0 Å². The van der Waals surface area contributed by atoms with E-state index in [1.165, 1.54) is 6.07 Å². The number of benzene rings is 2. The first kappa shape index (κ1) is 10.7. The molecule has 0 amide bonds. The Morgan fingerprint density at radius 1 is 0.944 bits per heavy atom. The molecule has 1 heterocycles. The number of phenolic OH excluding ortho intramolecular Hbond substituents is 1. The minimum Gasteiger partial charge on any atom is -0.507 e. The van der Waals surface area contributed by atoms with Crippen LogP contribution in [0.2, 0.25) is 0 Å². The van der Waals surface area contributed by atoms with Crippen LogP contribution in [-0.2, 0) is 4.74 Å². The average Bonchev–Trinajstić information content (AvgIpc) is 2.39. The van der Waals surface area contributed by atoms with E-state index in [0.29, 0.717) is 5.75 Å². The Balaban J connectivity index is 2.00. The third kappa shape index (κ3) is 1.68. The van der Waals surface area contributed by atoms with Crippen molar-refractivity contribution in [1.29, 1.82) is 0 Å². The van der Waals surface area contributed by atoms with Gasteiger partial charge in [-0.2, -0.15) is 0 Å². The van der Waals surface area contributed by atoms with Crippen LogP contribution < -0.4 is 4.74 Å². The number of carbonyl (C=O) groups excluding carboxylic acids is 1. The molecule has 0 aromatic heterocycles. The summed E-state index contributed by atoms with van der Waals surface area (Å²) in [5.74, 6) is -0.382. The van der Waals surface area contributed by atoms with Gasteiger partial charge < -0.3 is 14.6 Å². The fourth-order valence-electron chi connectivity index (χ4n) is 1.86. The Hall–Kier alpha value is -2.49. The first-order chi connectivity index (χ1) is 8.75. The van der Waals surface area contributed by atoms with Crippen molar-refractivity contribution < 1.29 is 19.4 Å². The summed E-state index contributed by atoms with van der Waals surface area (Å²) in [6.07, 6.45) is -0.770. The van der Waals surface area contributed by atoms with Gasteiger partial charge in [-0.1, -0.05) is 36.4 Å². The van der Waals surface area contributed by atoms with E-state index in [-0.39, 0.29) is 11.3 Å². The molecule has 4 nitrogen and oxygen atoms in total. The van der Waals surface area contributed by atoms with Gasteiger partial charge in [0.05, 0.1) is 0 Å². The van der Waals surface area contributed by atoms with Crippen LogP contribution >= 0.6 is 0 Å². The number of ether oxygens (including phenoxy) is 2. The maximum Gasteiger partial charge on any atom is 0.349 e. The third-order valence-electron chi connectivity index (χ3n) is 2.73. The van der Waals surface area contributed by atoms with E-state index in [9.17, 15) is 9.90 Å². The maximum atomic E-state index is 11.8. The lowest BCUT2D eigenvalue weighted by molar-refractivity contribution is -0.0628. The van der Waals surface area contributed by atoms with Crippen LogP contribution in [0, 0.1) is 0 Å². The predicted octanol–water partition coefficient (Wildman–Crippen LogP) is 2.64. The summed E-state index contributed by atoms with van der Waals surface area (Å²) >= 11 is 0. The van der Waals surface area contributed by atoms with Crippen LogP contribution in [0.15, 0.2) is 48.5 Å². The second-order valence-electron chi connectivity index (χ2n) is 3.92. The van der Waals surface area contributed by atoms with Gasteiger partial charge >= 0.3 is 5.97 Å². The van der Waals surface area contributed by atoms with Gasteiger partial charge in [-0.3, -0.25) is 0 Å². The summed E-state index contributed by atoms with van der Waals surface area (Å²) in [5.41, 5.74) is 0.824. The fraction of sp³-hybridized carbons (Fsp3) is 0.0714.